The van der Waals surface area contributed by atoms with E-state index in [4.69, 9.17) is 4.74 Å². The monoisotopic (exact) mass is 406 g/mol. The summed E-state index contributed by atoms with van der Waals surface area (Å²) in [5.41, 5.74) is 4.84. The number of carboxylic acid groups (broad SMARTS) is 1. The number of pyridine rings is 1. The SMILES string of the molecule is O=C(N[C@@H](Cc1ccc(F)nc1)C(=O)O)OCC1c2ccccc2-c2ccccc21. The molecule has 2 N–H and O–H groups in total. The zero-order chi connectivity index (χ0) is 21.1. The number of halogens is 1. The van der Waals surface area contributed by atoms with E-state index >= 15 is 0 Å². The molecule has 1 aliphatic carbocycles. The molecule has 3 aromatic rings. The molecule has 1 aliphatic rings. The molecule has 7 heteroatoms. The number of ether oxygens (including phenoxy) is 1. The number of aromatic nitrogens is 1. The lowest BCUT2D eigenvalue weighted by molar-refractivity contribution is -0.139. The van der Waals surface area contributed by atoms with Gasteiger partial charge in [-0.3, -0.25) is 0 Å². The smallest absolute Gasteiger partial charge is 0.407 e. The van der Waals surface area contributed by atoms with Crippen molar-refractivity contribution in [3.63, 3.8) is 0 Å². The van der Waals surface area contributed by atoms with E-state index in [0.717, 1.165) is 28.3 Å². The molecule has 0 bridgehead atoms. The zero-order valence-corrected chi connectivity index (χ0v) is 15.9. The second-order valence-corrected chi connectivity index (χ2v) is 7.05. The van der Waals surface area contributed by atoms with Gasteiger partial charge in [0.2, 0.25) is 5.95 Å². The van der Waals surface area contributed by atoms with Crippen molar-refractivity contribution in [2.24, 2.45) is 0 Å². The van der Waals surface area contributed by atoms with E-state index in [2.05, 4.69) is 10.3 Å². The second kappa shape index (κ2) is 8.32. The second-order valence-electron chi connectivity index (χ2n) is 7.05. The fourth-order valence-corrected chi connectivity index (χ4v) is 3.75. The molecule has 0 aliphatic heterocycles. The zero-order valence-electron chi connectivity index (χ0n) is 15.9. The number of carboxylic acids is 1. The standard InChI is InChI=1S/C23H19FN2O4/c24-21-10-9-14(12-25-21)11-20(22(27)28)26-23(29)30-13-19-17-7-3-1-5-15(17)16-6-2-4-8-18(16)19/h1-10,12,19-20H,11,13H2,(H,26,29)(H,27,28)/t20-/m0/s1. The summed E-state index contributed by atoms with van der Waals surface area (Å²) in [5, 5.41) is 11.8. The van der Waals surface area contributed by atoms with Crippen LogP contribution in [0.15, 0.2) is 66.9 Å². The van der Waals surface area contributed by atoms with Gasteiger partial charge in [-0.15, -0.1) is 0 Å². The lowest BCUT2D eigenvalue weighted by atomic mass is 9.98. The summed E-state index contributed by atoms with van der Waals surface area (Å²) in [6.07, 6.45) is 0.386. The van der Waals surface area contributed by atoms with Crippen LogP contribution in [0.25, 0.3) is 11.1 Å². The summed E-state index contributed by atoms with van der Waals surface area (Å²) in [7, 11) is 0. The molecule has 0 saturated carbocycles. The maximum absolute atomic E-state index is 12.9. The molecule has 0 spiro atoms. The number of nitrogens with zero attached hydrogens (tertiary/aromatic N) is 1. The van der Waals surface area contributed by atoms with E-state index in [1.807, 2.05) is 48.5 Å². The van der Waals surface area contributed by atoms with Crippen molar-refractivity contribution >= 4 is 12.1 Å². The molecule has 4 rings (SSSR count). The highest BCUT2D eigenvalue weighted by Crippen LogP contribution is 2.44. The lowest BCUT2D eigenvalue weighted by Gasteiger charge is -2.17. The number of fused-ring (bicyclic) bond motifs is 3. The van der Waals surface area contributed by atoms with E-state index in [1.165, 1.54) is 12.3 Å². The molecule has 0 radical (unpaired) electrons. The fourth-order valence-electron chi connectivity index (χ4n) is 3.75. The number of benzene rings is 2. The first-order chi connectivity index (χ1) is 14.5. The summed E-state index contributed by atoms with van der Waals surface area (Å²) in [4.78, 5) is 27.3. The molecule has 30 heavy (non-hydrogen) atoms. The summed E-state index contributed by atoms with van der Waals surface area (Å²) in [6, 6.07) is 17.2. The van der Waals surface area contributed by atoms with Crippen molar-refractivity contribution in [2.45, 2.75) is 18.4 Å². The van der Waals surface area contributed by atoms with Crippen LogP contribution in [0.2, 0.25) is 0 Å². The summed E-state index contributed by atoms with van der Waals surface area (Å²) in [5.74, 6) is -1.99. The van der Waals surface area contributed by atoms with Gasteiger partial charge >= 0.3 is 12.1 Å². The van der Waals surface area contributed by atoms with Gasteiger partial charge < -0.3 is 15.2 Å². The van der Waals surface area contributed by atoms with Crippen LogP contribution < -0.4 is 5.32 Å². The molecule has 1 amide bonds. The van der Waals surface area contributed by atoms with Crippen LogP contribution >= 0.6 is 0 Å². The van der Waals surface area contributed by atoms with Gasteiger partial charge in [0.15, 0.2) is 0 Å². The third-order valence-corrected chi connectivity index (χ3v) is 5.16. The van der Waals surface area contributed by atoms with Gasteiger partial charge in [0, 0.05) is 18.5 Å². The van der Waals surface area contributed by atoms with Gasteiger partial charge in [-0.2, -0.15) is 4.39 Å². The molecule has 6 nitrogen and oxygen atoms in total. The number of hydrogen-bond donors (Lipinski definition) is 2. The molecule has 0 saturated heterocycles. The van der Waals surface area contributed by atoms with Crippen LogP contribution in [0.1, 0.15) is 22.6 Å². The van der Waals surface area contributed by atoms with Crippen LogP contribution in [0.5, 0.6) is 0 Å². The number of rotatable bonds is 6. The Bertz CT molecular complexity index is 1040. The third-order valence-electron chi connectivity index (χ3n) is 5.16. The minimum absolute atomic E-state index is 0.0349. The third kappa shape index (κ3) is 4.00. The fraction of sp³-hybridized carbons (Fsp3) is 0.174. The van der Waals surface area contributed by atoms with Crippen LogP contribution in [0.3, 0.4) is 0 Å². The number of alkyl carbamates (subject to hydrolysis) is 1. The normalized spacial score (nSPS) is 13.2. The maximum atomic E-state index is 12.9. The first-order valence-corrected chi connectivity index (χ1v) is 9.47. The number of carbonyl (C=O) groups is 2. The maximum Gasteiger partial charge on any atom is 0.407 e. The molecule has 152 valence electrons. The highest BCUT2D eigenvalue weighted by Gasteiger charge is 2.29. The molecular weight excluding hydrogens is 387 g/mol. The van der Waals surface area contributed by atoms with Crippen molar-refractivity contribution in [2.75, 3.05) is 6.61 Å². The van der Waals surface area contributed by atoms with E-state index in [9.17, 15) is 19.1 Å². The predicted molar refractivity (Wildman–Crippen MR) is 108 cm³/mol. The van der Waals surface area contributed by atoms with E-state index < -0.39 is 24.1 Å². The van der Waals surface area contributed by atoms with Gasteiger partial charge in [0.1, 0.15) is 12.6 Å². The van der Waals surface area contributed by atoms with Crippen molar-refractivity contribution in [1.82, 2.24) is 10.3 Å². The van der Waals surface area contributed by atoms with Crippen LogP contribution in [0, 0.1) is 5.95 Å². The number of amides is 1. The highest BCUT2D eigenvalue weighted by atomic mass is 19.1. The summed E-state index contributed by atoms with van der Waals surface area (Å²) in [6.45, 7) is 0.0876. The van der Waals surface area contributed by atoms with Crippen molar-refractivity contribution in [3.05, 3.63) is 89.5 Å². The molecule has 1 atom stereocenters. The number of carbonyl (C=O) groups excluding carboxylic acids is 1. The average molecular weight is 406 g/mol. The summed E-state index contributed by atoms with van der Waals surface area (Å²) < 4.78 is 18.3. The number of nitrogens with one attached hydrogen (secondary N) is 1. The first-order valence-electron chi connectivity index (χ1n) is 9.47. The Morgan fingerprint density at radius 3 is 2.23 bits per heavy atom. The lowest BCUT2D eigenvalue weighted by Crippen LogP contribution is -2.42. The molecule has 0 unspecified atom stereocenters. The van der Waals surface area contributed by atoms with Crippen LogP contribution in [-0.4, -0.2) is 34.8 Å². The van der Waals surface area contributed by atoms with Gasteiger partial charge in [-0.25, -0.2) is 14.6 Å². The Labute approximate surface area is 172 Å². The quantitative estimate of drug-likeness (QED) is 0.609. The largest absolute Gasteiger partial charge is 0.480 e. The Kier molecular flexibility index (Phi) is 5.43. The summed E-state index contributed by atoms with van der Waals surface area (Å²) >= 11 is 0. The van der Waals surface area contributed by atoms with Crippen molar-refractivity contribution in [1.29, 1.82) is 0 Å². The predicted octanol–water partition coefficient (Wildman–Crippen LogP) is 3.76. The Balaban J connectivity index is 1.43. The number of hydrogen-bond acceptors (Lipinski definition) is 4. The van der Waals surface area contributed by atoms with E-state index in [0.29, 0.717) is 5.56 Å². The van der Waals surface area contributed by atoms with Gasteiger partial charge in [0.25, 0.3) is 0 Å². The van der Waals surface area contributed by atoms with E-state index in [-0.39, 0.29) is 18.9 Å². The molecular formula is C23H19FN2O4. The average Bonchev–Trinajstić information content (AvgIpc) is 3.07. The molecule has 2 aromatic carbocycles. The topological polar surface area (TPSA) is 88.5 Å². The van der Waals surface area contributed by atoms with Crippen molar-refractivity contribution in [3.8, 4) is 11.1 Å². The Morgan fingerprint density at radius 2 is 1.67 bits per heavy atom. The van der Waals surface area contributed by atoms with Crippen LogP contribution in [0.4, 0.5) is 9.18 Å². The minimum Gasteiger partial charge on any atom is -0.480 e. The first kappa shape index (κ1) is 19.6. The highest BCUT2D eigenvalue weighted by molar-refractivity contribution is 5.81. The van der Waals surface area contributed by atoms with Gasteiger partial charge in [0.05, 0.1) is 0 Å². The Hall–Kier alpha value is -3.74. The molecule has 0 fully saturated rings. The molecule has 1 aromatic heterocycles. The van der Waals surface area contributed by atoms with Crippen LogP contribution in [-0.2, 0) is 16.0 Å². The Morgan fingerprint density at radius 1 is 1.03 bits per heavy atom. The minimum atomic E-state index is -1.21. The van der Waals surface area contributed by atoms with E-state index in [1.54, 1.807) is 0 Å². The van der Waals surface area contributed by atoms with Crippen molar-refractivity contribution < 1.29 is 23.8 Å². The molecule has 1 heterocycles. The van der Waals surface area contributed by atoms with Gasteiger partial charge in [-0.1, -0.05) is 54.6 Å². The van der Waals surface area contributed by atoms with Gasteiger partial charge in [-0.05, 0) is 33.9 Å². The number of aliphatic carboxylic acids is 1.